The predicted octanol–water partition coefficient (Wildman–Crippen LogP) is 3.08. The van der Waals surface area contributed by atoms with Gasteiger partial charge in [-0.25, -0.2) is 14.8 Å². The number of carbonyl (C=O) groups is 1. The number of hydrogen-bond donors (Lipinski definition) is 2. The van der Waals surface area contributed by atoms with Gasteiger partial charge in [0.05, 0.1) is 12.8 Å². The molecule has 0 aromatic carbocycles. The molecule has 2 N–H and O–H groups in total. The van der Waals surface area contributed by atoms with E-state index in [0.29, 0.717) is 48.5 Å². The Morgan fingerprint density at radius 1 is 1.34 bits per heavy atom. The lowest BCUT2D eigenvalue weighted by atomic mass is 10.1. The second-order valence-corrected chi connectivity index (χ2v) is 14.3. The smallest absolute Gasteiger partial charge is 0.341 e. The zero-order chi connectivity index (χ0) is 20.9. The number of aromatic nitrogens is 3. The number of ether oxygens (including phenoxy) is 2. The molecule has 3 rings (SSSR count). The van der Waals surface area contributed by atoms with Gasteiger partial charge in [0.15, 0.2) is 5.65 Å². The molecule has 0 radical (unpaired) electrons. The minimum absolute atomic E-state index is 0.318. The van der Waals surface area contributed by atoms with Crippen LogP contribution in [-0.2, 0) is 16.2 Å². The number of anilines is 1. The first-order chi connectivity index (χ1) is 13.9. The highest BCUT2D eigenvalue weighted by atomic mass is 28.3. The van der Waals surface area contributed by atoms with E-state index in [9.17, 15) is 4.79 Å². The molecule has 0 unspecified atom stereocenters. The molecule has 0 aliphatic carbocycles. The van der Waals surface area contributed by atoms with Crippen LogP contribution >= 0.6 is 0 Å². The summed E-state index contributed by atoms with van der Waals surface area (Å²) in [6, 6.07) is 1.45. The molecule has 2 aromatic heterocycles. The van der Waals surface area contributed by atoms with Crippen molar-refractivity contribution in [3.05, 3.63) is 18.0 Å². The van der Waals surface area contributed by atoms with E-state index in [4.69, 9.17) is 14.5 Å². The molecule has 0 bridgehead atoms. The van der Waals surface area contributed by atoms with Crippen LogP contribution in [0.1, 0.15) is 30.1 Å². The number of fused-ring (bicyclic) bond motifs is 1. The zero-order valence-corrected chi connectivity index (χ0v) is 19.0. The Bertz CT molecular complexity index is 827. The summed E-state index contributed by atoms with van der Waals surface area (Å²) in [6.07, 6.45) is 5.55. The number of hydrogen-bond acceptors (Lipinski definition) is 7. The van der Waals surface area contributed by atoms with Gasteiger partial charge in [-0.3, -0.25) is 0 Å². The van der Waals surface area contributed by atoms with Gasteiger partial charge in [0.2, 0.25) is 0 Å². The number of carbonyl (C=O) groups excluding carboxylic acids is 1. The van der Waals surface area contributed by atoms with Crippen molar-refractivity contribution in [2.45, 2.75) is 58.2 Å². The fraction of sp³-hybridized carbons (Fsp3) is 0.650. The van der Waals surface area contributed by atoms with Crippen LogP contribution in [-0.4, -0.2) is 60.9 Å². The van der Waals surface area contributed by atoms with E-state index in [1.54, 1.807) is 19.3 Å². The number of piperidine rings is 1. The van der Waals surface area contributed by atoms with Crippen LogP contribution in [0.4, 0.5) is 5.82 Å². The summed E-state index contributed by atoms with van der Waals surface area (Å²) in [4.78, 5) is 21.7. The summed E-state index contributed by atoms with van der Waals surface area (Å²) in [6.45, 7) is 12.1. The molecular formula is C20H33N5O3Si. The van der Waals surface area contributed by atoms with Crippen LogP contribution in [0.5, 0.6) is 0 Å². The lowest BCUT2D eigenvalue weighted by Crippen LogP contribution is -2.35. The van der Waals surface area contributed by atoms with Gasteiger partial charge in [0.1, 0.15) is 23.6 Å². The van der Waals surface area contributed by atoms with E-state index in [-0.39, 0.29) is 5.97 Å². The van der Waals surface area contributed by atoms with Crippen LogP contribution in [0.15, 0.2) is 12.4 Å². The van der Waals surface area contributed by atoms with E-state index in [1.165, 1.54) is 0 Å². The van der Waals surface area contributed by atoms with Gasteiger partial charge in [-0.1, -0.05) is 19.6 Å². The standard InChI is InChI=1S/C20H33N5O3Si/c1-5-28-20(26)16-13-25(14-27-10-11-29(2,3)4)19-18(16)24-17(12-22-19)23-15-6-8-21-9-7-15/h12-13,15,21H,5-11,14H2,1-4H3,(H,23,24). The van der Waals surface area contributed by atoms with Crippen molar-refractivity contribution < 1.29 is 14.3 Å². The van der Waals surface area contributed by atoms with Crippen LogP contribution in [0.3, 0.4) is 0 Å². The van der Waals surface area contributed by atoms with Gasteiger partial charge in [0.25, 0.3) is 0 Å². The Kier molecular flexibility index (Phi) is 7.26. The molecule has 0 amide bonds. The topological polar surface area (TPSA) is 90.3 Å². The Morgan fingerprint density at radius 2 is 2.10 bits per heavy atom. The van der Waals surface area contributed by atoms with E-state index >= 15 is 0 Å². The second-order valence-electron chi connectivity index (χ2n) is 8.68. The van der Waals surface area contributed by atoms with Gasteiger partial charge >= 0.3 is 5.97 Å². The lowest BCUT2D eigenvalue weighted by molar-refractivity contribution is 0.0526. The Labute approximate surface area is 173 Å². The Hall–Kier alpha value is -1.97. The van der Waals surface area contributed by atoms with Crippen LogP contribution in [0.2, 0.25) is 25.7 Å². The molecular weight excluding hydrogens is 386 g/mol. The van der Waals surface area contributed by atoms with Gasteiger partial charge in [-0.05, 0) is 38.9 Å². The first-order valence-corrected chi connectivity index (χ1v) is 14.2. The number of nitrogens with one attached hydrogen (secondary N) is 2. The fourth-order valence-corrected chi connectivity index (χ4v) is 4.05. The third kappa shape index (κ3) is 6.00. The van der Waals surface area contributed by atoms with Gasteiger partial charge in [-0.2, -0.15) is 0 Å². The van der Waals surface area contributed by atoms with Crippen molar-refractivity contribution in [1.29, 1.82) is 0 Å². The molecule has 1 saturated heterocycles. The summed E-state index contributed by atoms with van der Waals surface area (Å²) in [5, 5.41) is 6.80. The third-order valence-corrected chi connectivity index (χ3v) is 6.68. The number of nitrogens with zero attached hydrogens (tertiary/aromatic N) is 3. The summed E-state index contributed by atoms with van der Waals surface area (Å²) in [5.74, 6) is 0.305. The SMILES string of the molecule is CCOC(=O)c1cn(COCC[Si](C)(C)C)c2ncc(NC3CCNCC3)nc12. The highest BCUT2D eigenvalue weighted by Gasteiger charge is 2.21. The molecule has 8 nitrogen and oxygen atoms in total. The van der Waals surface area contributed by atoms with E-state index < -0.39 is 8.07 Å². The summed E-state index contributed by atoms with van der Waals surface area (Å²) in [5.41, 5.74) is 1.62. The average Bonchev–Trinajstić information content (AvgIpc) is 3.04. The molecule has 1 aliphatic heterocycles. The molecule has 0 saturated carbocycles. The van der Waals surface area contributed by atoms with Crippen LogP contribution in [0.25, 0.3) is 11.2 Å². The quantitative estimate of drug-likeness (QED) is 0.367. The summed E-state index contributed by atoms with van der Waals surface area (Å²) < 4.78 is 12.9. The van der Waals surface area contributed by atoms with Crippen molar-refractivity contribution in [2.24, 2.45) is 0 Å². The van der Waals surface area contributed by atoms with Gasteiger partial charge < -0.3 is 24.7 Å². The fourth-order valence-electron chi connectivity index (χ4n) is 3.29. The third-order valence-electron chi connectivity index (χ3n) is 4.98. The molecule has 160 valence electrons. The first kappa shape index (κ1) is 21.7. The summed E-state index contributed by atoms with van der Waals surface area (Å²) in [7, 11) is -1.15. The maximum absolute atomic E-state index is 12.5. The lowest BCUT2D eigenvalue weighted by Gasteiger charge is -2.24. The highest BCUT2D eigenvalue weighted by molar-refractivity contribution is 6.76. The zero-order valence-electron chi connectivity index (χ0n) is 18.0. The van der Waals surface area contributed by atoms with Crippen molar-refractivity contribution in [2.75, 3.05) is 31.6 Å². The maximum atomic E-state index is 12.5. The number of esters is 1. The van der Waals surface area contributed by atoms with E-state index in [0.717, 1.165) is 32.0 Å². The van der Waals surface area contributed by atoms with E-state index in [2.05, 4.69) is 35.3 Å². The molecule has 0 spiro atoms. The predicted molar refractivity (Wildman–Crippen MR) is 117 cm³/mol. The minimum atomic E-state index is -1.15. The van der Waals surface area contributed by atoms with Crippen molar-refractivity contribution in [3.63, 3.8) is 0 Å². The van der Waals surface area contributed by atoms with Crippen molar-refractivity contribution in [1.82, 2.24) is 19.9 Å². The van der Waals surface area contributed by atoms with E-state index in [1.807, 2.05) is 4.57 Å². The Balaban J connectivity index is 1.80. The van der Waals surface area contributed by atoms with Crippen molar-refractivity contribution >= 4 is 31.0 Å². The molecule has 0 atom stereocenters. The number of rotatable bonds is 9. The molecule has 1 fully saturated rings. The minimum Gasteiger partial charge on any atom is -0.462 e. The summed E-state index contributed by atoms with van der Waals surface area (Å²) >= 11 is 0. The first-order valence-electron chi connectivity index (χ1n) is 10.5. The molecule has 9 heteroatoms. The normalized spacial score (nSPS) is 15.6. The van der Waals surface area contributed by atoms with Gasteiger partial charge in [0, 0.05) is 26.9 Å². The van der Waals surface area contributed by atoms with Crippen molar-refractivity contribution in [3.8, 4) is 0 Å². The monoisotopic (exact) mass is 419 g/mol. The average molecular weight is 420 g/mol. The van der Waals surface area contributed by atoms with Crippen LogP contribution < -0.4 is 10.6 Å². The van der Waals surface area contributed by atoms with Gasteiger partial charge in [-0.15, -0.1) is 0 Å². The second kappa shape index (κ2) is 9.68. The largest absolute Gasteiger partial charge is 0.462 e. The molecule has 29 heavy (non-hydrogen) atoms. The Morgan fingerprint density at radius 3 is 2.79 bits per heavy atom. The molecule has 2 aromatic rings. The van der Waals surface area contributed by atoms with Crippen LogP contribution in [0, 0.1) is 0 Å². The molecule has 1 aliphatic rings. The molecule has 3 heterocycles. The highest BCUT2D eigenvalue weighted by Crippen LogP contribution is 2.22. The maximum Gasteiger partial charge on any atom is 0.341 e.